The quantitative estimate of drug-likeness (QED) is 0.0349. The summed E-state index contributed by atoms with van der Waals surface area (Å²) >= 11 is 0. The van der Waals surface area contributed by atoms with Crippen LogP contribution in [0.2, 0.25) is 0 Å². The number of carbonyl (C=O) groups is 3. The van der Waals surface area contributed by atoms with E-state index in [0.717, 1.165) is 96.3 Å². The van der Waals surface area contributed by atoms with Crippen LogP contribution in [0.5, 0.6) is 0 Å². The van der Waals surface area contributed by atoms with Crippen molar-refractivity contribution < 1.29 is 122 Å². The van der Waals surface area contributed by atoms with Crippen molar-refractivity contribution in [3.05, 3.63) is 0 Å². The maximum Gasteiger partial charge on any atom is 0.309 e. The standard InChI is InChI=1S/C63H110O25/c1-9-12-14-15-16-17-20-23-28-32-42(66)83-57-56(88-59-48(72)45(69)43(67)35(5)76-59)53(86-60-49(73)47(71)51(36(6)77-60)84-58(75)34(4)11-3)38(8)79-63(57)85-52-37(7)78-61-55(50(52)74)82-41(65)31-27-24-21-18-19-22-26-30-39(29-25-13-10-2)80-62-54(87-61)46(70)44(68)40(33-64)81-62/h34-40,43-57,59-64,67-74H,9-33H2,1-8H3. The van der Waals surface area contributed by atoms with Crippen LogP contribution in [0.3, 0.4) is 0 Å². The lowest BCUT2D eigenvalue weighted by Gasteiger charge is -2.51. The number of ether oxygens (including phenoxy) is 13. The van der Waals surface area contributed by atoms with Crippen molar-refractivity contribution in [2.45, 2.75) is 369 Å². The van der Waals surface area contributed by atoms with Gasteiger partial charge in [-0.1, -0.05) is 137 Å². The number of rotatable bonds is 25. The zero-order valence-electron chi connectivity index (χ0n) is 53.3. The summed E-state index contributed by atoms with van der Waals surface area (Å²) in [5.41, 5.74) is 0. The van der Waals surface area contributed by atoms with Gasteiger partial charge in [-0.25, -0.2) is 0 Å². The number of unbranched alkanes of at least 4 members (excludes halogenated alkanes) is 10. The molecule has 0 spiro atoms. The Morgan fingerprint density at radius 3 is 1.69 bits per heavy atom. The number of aliphatic hydroxyl groups excluding tert-OH is 9. The van der Waals surface area contributed by atoms with Crippen LogP contribution in [-0.2, 0) is 76.0 Å². The molecule has 6 aliphatic heterocycles. The number of aliphatic hydroxyl groups is 9. The topological polar surface area (TPSA) is 353 Å². The highest BCUT2D eigenvalue weighted by molar-refractivity contribution is 5.72. The van der Waals surface area contributed by atoms with Gasteiger partial charge in [0, 0.05) is 12.8 Å². The van der Waals surface area contributed by atoms with E-state index in [2.05, 4.69) is 13.8 Å². The zero-order chi connectivity index (χ0) is 64.2. The maximum absolute atomic E-state index is 14.3. The van der Waals surface area contributed by atoms with Crippen molar-refractivity contribution in [3.63, 3.8) is 0 Å². The fourth-order valence-electron chi connectivity index (χ4n) is 12.3. The molecule has 27 atom stereocenters. The number of hydrogen-bond acceptors (Lipinski definition) is 25. The summed E-state index contributed by atoms with van der Waals surface area (Å²) in [5.74, 6) is -2.63. The zero-order valence-corrected chi connectivity index (χ0v) is 53.3. The predicted octanol–water partition coefficient (Wildman–Crippen LogP) is 4.30. The van der Waals surface area contributed by atoms with Gasteiger partial charge in [-0.15, -0.1) is 0 Å². The Labute approximate surface area is 519 Å². The highest BCUT2D eigenvalue weighted by atomic mass is 16.8. The molecule has 6 saturated heterocycles. The molecular weight excluding hydrogens is 1160 g/mol. The highest BCUT2D eigenvalue weighted by Crippen LogP contribution is 2.39. The summed E-state index contributed by atoms with van der Waals surface area (Å²) < 4.78 is 82.1. The first kappa shape index (κ1) is 74.7. The summed E-state index contributed by atoms with van der Waals surface area (Å²) in [4.78, 5) is 41.2. The second-order valence-electron chi connectivity index (χ2n) is 25.4. The minimum atomic E-state index is -1.92. The van der Waals surface area contributed by atoms with Crippen LogP contribution in [0, 0.1) is 5.92 Å². The molecule has 27 unspecified atom stereocenters. The molecule has 0 amide bonds. The van der Waals surface area contributed by atoms with Gasteiger partial charge in [0.15, 0.2) is 49.8 Å². The minimum absolute atomic E-state index is 0.0482. The molecule has 0 aromatic carbocycles. The van der Waals surface area contributed by atoms with Gasteiger partial charge < -0.3 is 108 Å². The van der Waals surface area contributed by atoms with E-state index in [0.29, 0.717) is 38.5 Å². The average molecular weight is 1270 g/mol. The van der Waals surface area contributed by atoms with Crippen molar-refractivity contribution >= 4 is 17.9 Å². The van der Waals surface area contributed by atoms with E-state index in [1.165, 1.54) is 34.1 Å². The molecule has 0 saturated carbocycles. The summed E-state index contributed by atoms with van der Waals surface area (Å²) in [6, 6.07) is 0. The van der Waals surface area contributed by atoms with Gasteiger partial charge >= 0.3 is 17.9 Å². The Hall–Kier alpha value is -2.35. The first-order valence-corrected chi connectivity index (χ1v) is 33.3. The van der Waals surface area contributed by atoms with Gasteiger partial charge in [-0.3, -0.25) is 14.4 Å². The van der Waals surface area contributed by atoms with E-state index in [-0.39, 0.29) is 18.9 Å². The summed E-state index contributed by atoms with van der Waals surface area (Å²) in [6.45, 7) is 13.0. The fraction of sp³-hybridized carbons (Fsp3) is 0.952. The van der Waals surface area contributed by atoms with E-state index < -0.39 is 184 Å². The van der Waals surface area contributed by atoms with Crippen LogP contribution in [0.25, 0.3) is 0 Å². The third kappa shape index (κ3) is 20.8. The van der Waals surface area contributed by atoms with E-state index >= 15 is 0 Å². The van der Waals surface area contributed by atoms with Crippen LogP contribution in [0.1, 0.15) is 209 Å². The Bertz CT molecular complexity index is 2010. The monoisotopic (exact) mass is 1270 g/mol. The largest absolute Gasteiger partial charge is 0.457 e. The van der Waals surface area contributed by atoms with Crippen LogP contribution < -0.4 is 0 Å². The molecule has 0 aromatic heterocycles. The van der Waals surface area contributed by atoms with E-state index in [9.17, 15) is 60.3 Å². The average Bonchev–Trinajstić information content (AvgIpc) is 1.56. The number of carbonyl (C=O) groups excluding carboxylic acids is 3. The number of fused-ring (bicyclic) bond motifs is 2. The Morgan fingerprint density at radius 2 is 1.03 bits per heavy atom. The van der Waals surface area contributed by atoms with Gasteiger partial charge in [-0.05, 0) is 59.8 Å². The van der Waals surface area contributed by atoms with Gasteiger partial charge in [0.1, 0.15) is 79.4 Å². The third-order valence-electron chi connectivity index (χ3n) is 18.2. The van der Waals surface area contributed by atoms with Gasteiger partial charge in [-0.2, -0.15) is 0 Å². The van der Waals surface area contributed by atoms with Crippen molar-refractivity contribution in [2.24, 2.45) is 5.92 Å². The van der Waals surface area contributed by atoms with Crippen molar-refractivity contribution in [1.29, 1.82) is 0 Å². The second-order valence-corrected chi connectivity index (χ2v) is 25.4. The maximum atomic E-state index is 14.3. The van der Waals surface area contributed by atoms with Crippen LogP contribution in [0.15, 0.2) is 0 Å². The molecule has 9 N–H and O–H groups in total. The molecule has 0 bridgehead atoms. The molecule has 6 rings (SSSR count). The SMILES string of the molecule is CCCCCCCCCCCC(=O)OC1C(OC2C(C)OC3OC4C(OC(CCCCC)CCCCCCCCCC(=O)OC3C2O)OC(CO)C(O)C4O)OC(C)C(OC2OC(C)C(OC(=O)C(C)CC)C(O)C2O)C1OC1OC(C)C(O)C(O)C1O. The van der Waals surface area contributed by atoms with E-state index in [1.54, 1.807) is 13.8 Å². The lowest BCUT2D eigenvalue weighted by atomic mass is 9.95. The van der Waals surface area contributed by atoms with Crippen molar-refractivity contribution in [1.82, 2.24) is 0 Å². The molecular formula is C63H110O25. The fourth-order valence-corrected chi connectivity index (χ4v) is 12.3. The summed E-state index contributed by atoms with van der Waals surface area (Å²) in [5, 5.41) is 102. The Kier molecular flexibility index (Phi) is 31.8. The third-order valence-corrected chi connectivity index (χ3v) is 18.2. The molecule has 6 heterocycles. The molecule has 0 aliphatic carbocycles. The van der Waals surface area contributed by atoms with E-state index in [4.69, 9.17) is 61.6 Å². The predicted molar refractivity (Wildman–Crippen MR) is 312 cm³/mol. The normalized spacial score (nSPS) is 41.3. The molecule has 6 fully saturated rings. The van der Waals surface area contributed by atoms with Gasteiger partial charge in [0.25, 0.3) is 0 Å². The molecule has 6 aliphatic rings. The summed E-state index contributed by atoms with van der Waals surface area (Å²) in [7, 11) is 0. The Morgan fingerprint density at radius 1 is 0.489 bits per heavy atom. The second kappa shape index (κ2) is 37.5. The lowest BCUT2D eigenvalue weighted by Crippen LogP contribution is -2.68. The molecule has 25 nitrogen and oxygen atoms in total. The van der Waals surface area contributed by atoms with E-state index in [1.807, 2.05) is 0 Å². The molecule has 0 aromatic rings. The highest BCUT2D eigenvalue weighted by Gasteiger charge is 2.59. The van der Waals surface area contributed by atoms with Crippen LogP contribution in [0.4, 0.5) is 0 Å². The van der Waals surface area contributed by atoms with Crippen LogP contribution in [-0.4, -0.2) is 230 Å². The minimum Gasteiger partial charge on any atom is -0.457 e. The lowest BCUT2D eigenvalue weighted by molar-refractivity contribution is -0.400. The Balaban J connectivity index is 1.35. The van der Waals surface area contributed by atoms with Gasteiger partial charge in [0.2, 0.25) is 0 Å². The van der Waals surface area contributed by atoms with Crippen molar-refractivity contribution in [3.8, 4) is 0 Å². The molecule has 0 radical (unpaired) electrons. The molecule has 88 heavy (non-hydrogen) atoms. The first-order valence-electron chi connectivity index (χ1n) is 33.3. The molecule has 25 heteroatoms. The molecule has 512 valence electrons. The van der Waals surface area contributed by atoms with Crippen LogP contribution >= 0.6 is 0 Å². The summed E-state index contributed by atoms with van der Waals surface area (Å²) in [6.07, 6.45) is -21.1. The van der Waals surface area contributed by atoms with Crippen molar-refractivity contribution in [2.75, 3.05) is 6.61 Å². The first-order chi connectivity index (χ1) is 42.1. The number of hydrogen-bond donors (Lipinski definition) is 9. The smallest absolute Gasteiger partial charge is 0.309 e. The number of esters is 3. The van der Waals surface area contributed by atoms with Gasteiger partial charge in [0.05, 0.1) is 43.0 Å².